The van der Waals surface area contributed by atoms with Crippen molar-refractivity contribution < 1.29 is 18.8 Å². The molecule has 26 heavy (non-hydrogen) atoms. The van der Waals surface area contributed by atoms with E-state index in [0.717, 1.165) is 5.56 Å². The molecular weight excluding hydrogens is 334 g/mol. The van der Waals surface area contributed by atoms with Gasteiger partial charge in [-0.15, -0.1) is 0 Å². The second-order valence-corrected chi connectivity index (χ2v) is 6.55. The number of amides is 2. The third-order valence-corrected chi connectivity index (χ3v) is 3.84. The van der Waals surface area contributed by atoms with Crippen LogP contribution in [0.25, 0.3) is 0 Å². The van der Waals surface area contributed by atoms with E-state index in [0.29, 0.717) is 23.2 Å². The van der Waals surface area contributed by atoms with Crippen molar-refractivity contribution in [2.45, 2.75) is 39.7 Å². The maximum atomic E-state index is 12.4. The maximum Gasteiger partial charge on any atom is 0.263 e. The van der Waals surface area contributed by atoms with E-state index in [1.54, 1.807) is 27.0 Å². The Kier molecular flexibility index (Phi) is 6.38. The molecule has 0 saturated carbocycles. The number of anilines is 1. The van der Waals surface area contributed by atoms with Crippen LogP contribution in [-0.4, -0.2) is 41.6 Å². The first-order valence-electron chi connectivity index (χ1n) is 8.51. The summed E-state index contributed by atoms with van der Waals surface area (Å²) in [7, 11) is 1.56. The summed E-state index contributed by atoms with van der Waals surface area (Å²) >= 11 is 0. The second-order valence-electron chi connectivity index (χ2n) is 6.55. The molecule has 1 N–H and O–H groups in total. The second kappa shape index (κ2) is 8.51. The fourth-order valence-corrected chi connectivity index (χ4v) is 2.41. The van der Waals surface area contributed by atoms with Gasteiger partial charge in [0.25, 0.3) is 5.91 Å². The molecule has 0 aliphatic heterocycles. The van der Waals surface area contributed by atoms with Crippen molar-refractivity contribution in [1.29, 1.82) is 0 Å². The number of aryl methyl sites for hydroxylation is 1. The Morgan fingerprint density at radius 1 is 1.27 bits per heavy atom. The molecule has 140 valence electrons. The van der Waals surface area contributed by atoms with Gasteiger partial charge in [0, 0.05) is 13.1 Å². The number of hydrogen-bond donors (Lipinski definition) is 1. The molecule has 0 aliphatic rings. The van der Waals surface area contributed by atoms with E-state index < -0.39 is 6.10 Å². The lowest BCUT2D eigenvalue weighted by molar-refractivity contribution is -0.139. The molecular formula is C19H25N3O4. The fraction of sp³-hybridized carbons (Fsp3) is 0.421. The van der Waals surface area contributed by atoms with E-state index in [9.17, 15) is 9.59 Å². The summed E-state index contributed by atoms with van der Waals surface area (Å²) in [5.74, 6) is 1.28. The number of rotatable bonds is 7. The predicted molar refractivity (Wildman–Crippen MR) is 98.1 cm³/mol. The lowest BCUT2D eigenvalue weighted by atomic mass is 10.0. The van der Waals surface area contributed by atoms with Gasteiger partial charge in [-0.25, -0.2) is 0 Å². The van der Waals surface area contributed by atoms with Crippen LogP contribution in [-0.2, 0) is 9.59 Å². The number of ether oxygens (including phenoxy) is 1. The highest BCUT2D eigenvalue weighted by Gasteiger charge is 2.21. The molecule has 0 aliphatic carbocycles. The number of nitrogens with zero attached hydrogens (tertiary/aromatic N) is 2. The number of carbonyl (C=O) groups is 2. The van der Waals surface area contributed by atoms with Crippen molar-refractivity contribution in [3.8, 4) is 5.75 Å². The van der Waals surface area contributed by atoms with E-state index in [1.807, 2.05) is 24.3 Å². The van der Waals surface area contributed by atoms with Crippen LogP contribution in [0.5, 0.6) is 5.75 Å². The topological polar surface area (TPSA) is 84.7 Å². The van der Waals surface area contributed by atoms with Crippen molar-refractivity contribution in [3.05, 3.63) is 41.7 Å². The van der Waals surface area contributed by atoms with Crippen molar-refractivity contribution in [3.63, 3.8) is 0 Å². The number of nitrogens with one attached hydrogen (secondary N) is 1. The minimum absolute atomic E-state index is 0.107. The van der Waals surface area contributed by atoms with E-state index in [-0.39, 0.29) is 18.4 Å². The molecule has 0 unspecified atom stereocenters. The van der Waals surface area contributed by atoms with Gasteiger partial charge in [0.2, 0.25) is 5.91 Å². The lowest BCUT2D eigenvalue weighted by Gasteiger charge is -2.22. The van der Waals surface area contributed by atoms with Gasteiger partial charge in [-0.05, 0) is 37.5 Å². The zero-order valence-corrected chi connectivity index (χ0v) is 15.8. The number of benzene rings is 1. The summed E-state index contributed by atoms with van der Waals surface area (Å²) in [6, 6.07) is 9.27. The Morgan fingerprint density at radius 2 is 2.00 bits per heavy atom. The molecule has 0 radical (unpaired) electrons. The highest BCUT2D eigenvalue weighted by atomic mass is 16.5. The first-order valence-corrected chi connectivity index (χ1v) is 8.51. The normalized spacial score (nSPS) is 11.9. The summed E-state index contributed by atoms with van der Waals surface area (Å²) in [5.41, 5.74) is 1.14. The lowest BCUT2D eigenvalue weighted by Crippen LogP contribution is -2.42. The van der Waals surface area contributed by atoms with Crippen LogP contribution in [0.2, 0.25) is 0 Å². The monoisotopic (exact) mass is 359 g/mol. The molecule has 2 amide bonds. The maximum absolute atomic E-state index is 12.4. The highest BCUT2D eigenvalue weighted by Crippen LogP contribution is 2.21. The van der Waals surface area contributed by atoms with E-state index in [1.165, 1.54) is 4.90 Å². The van der Waals surface area contributed by atoms with E-state index in [4.69, 9.17) is 9.26 Å². The Hall–Kier alpha value is -2.83. The summed E-state index contributed by atoms with van der Waals surface area (Å²) in [4.78, 5) is 25.8. The zero-order valence-electron chi connectivity index (χ0n) is 15.8. The minimum atomic E-state index is -0.704. The van der Waals surface area contributed by atoms with Gasteiger partial charge >= 0.3 is 0 Å². The first kappa shape index (κ1) is 19.5. The molecule has 0 fully saturated rings. The first-order chi connectivity index (χ1) is 12.3. The molecule has 2 aromatic rings. The standard InChI is InChI=1S/C19H25N3O4/c1-12(2)15-7-6-8-16(10-15)25-14(4)19(24)22(5)11-18(23)20-17-9-13(3)26-21-17/h6-10,12,14H,11H2,1-5H3,(H,20,21,23)/t14-/m0/s1. The van der Waals surface area contributed by atoms with Gasteiger partial charge in [0.1, 0.15) is 11.5 Å². The molecule has 2 rings (SSSR count). The fourth-order valence-electron chi connectivity index (χ4n) is 2.41. The Labute approximate surface area is 153 Å². The molecule has 7 nitrogen and oxygen atoms in total. The van der Waals surface area contributed by atoms with Crippen molar-refractivity contribution in [1.82, 2.24) is 10.1 Å². The molecule has 7 heteroatoms. The number of likely N-dealkylation sites (N-methyl/N-ethyl adjacent to an activating group) is 1. The molecule has 0 bridgehead atoms. The third-order valence-electron chi connectivity index (χ3n) is 3.84. The van der Waals surface area contributed by atoms with Crippen molar-refractivity contribution in [2.75, 3.05) is 18.9 Å². The van der Waals surface area contributed by atoms with Crippen LogP contribution in [0.15, 0.2) is 34.9 Å². The van der Waals surface area contributed by atoms with E-state index >= 15 is 0 Å². The number of aromatic nitrogens is 1. The van der Waals surface area contributed by atoms with Crippen LogP contribution >= 0.6 is 0 Å². The largest absolute Gasteiger partial charge is 0.481 e. The van der Waals surface area contributed by atoms with Crippen LogP contribution in [0.4, 0.5) is 5.82 Å². The van der Waals surface area contributed by atoms with Crippen LogP contribution in [0.1, 0.15) is 38.0 Å². The third kappa shape index (κ3) is 5.34. The summed E-state index contributed by atoms with van der Waals surface area (Å²) in [6.45, 7) is 7.47. The highest BCUT2D eigenvalue weighted by molar-refractivity contribution is 5.94. The van der Waals surface area contributed by atoms with E-state index in [2.05, 4.69) is 24.3 Å². The summed E-state index contributed by atoms with van der Waals surface area (Å²) in [6.07, 6.45) is -0.704. The molecule has 1 heterocycles. The summed E-state index contributed by atoms with van der Waals surface area (Å²) in [5, 5.41) is 6.26. The number of carbonyl (C=O) groups excluding carboxylic acids is 2. The summed E-state index contributed by atoms with van der Waals surface area (Å²) < 4.78 is 10.6. The van der Waals surface area contributed by atoms with Crippen molar-refractivity contribution in [2.24, 2.45) is 0 Å². The quantitative estimate of drug-likeness (QED) is 0.821. The van der Waals surface area contributed by atoms with Crippen LogP contribution in [0, 0.1) is 6.92 Å². The Balaban J connectivity index is 1.90. The predicted octanol–water partition coefficient (Wildman–Crippen LogP) is 2.97. The average Bonchev–Trinajstić information content (AvgIpc) is 2.98. The Morgan fingerprint density at radius 3 is 2.62 bits per heavy atom. The number of hydrogen-bond acceptors (Lipinski definition) is 5. The van der Waals surface area contributed by atoms with Gasteiger partial charge in [-0.1, -0.05) is 31.1 Å². The average molecular weight is 359 g/mol. The molecule has 1 aromatic carbocycles. The molecule has 1 aromatic heterocycles. The van der Waals surface area contributed by atoms with Gasteiger partial charge in [0.15, 0.2) is 11.9 Å². The van der Waals surface area contributed by atoms with Crippen LogP contribution < -0.4 is 10.1 Å². The van der Waals surface area contributed by atoms with Gasteiger partial charge in [-0.2, -0.15) is 0 Å². The minimum Gasteiger partial charge on any atom is -0.481 e. The smallest absolute Gasteiger partial charge is 0.263 e. The zero-order chi connectivity index (χ0) is 19.3. The Bertz CT molecular complexity index is 770. The SMILES string of the molecule is Cc1cc(NC(=O)CN(C)C(=O)[C@H](C)Oc2cccc(C(C)C)c2)no1. The molecule has 0 saturated heterocycles. The van der Waals surface area contributed by atoms with Crippen LogP contribution in [0.3, 0.4) is 0 Å². The molecule has 0 spiro atoms. The van der Waals surface area contributed by atoms with Gasteiger partial charge in [0.05, 0.1) is 6.54 Å². The molecule has 1 atom stereocenters. The van der Waals surface area contributed by atoms with Crippen molar-refractivity contribution >= 4 is 17.6 Å². The van der Waals surface area contributed by atoms with Gasteiger partial charge in [-0.3, -0.25) is 9.59 Å². The van der Waals surface area contributed by atoms with Gasteiger partial charge < -0.3 is 19.5 Å².